The molecule has 0 bridgehead atoms. The Balaban J connectivity index is 2.08. The van der Waals surface area contributed by atoms with Crippen molar-refractivity contribution in [2.24, 2.45) is 0 Å². The first kappa shape index (κ1) is 14.3. The highest BCUT2D eigenvalue weighted by atomic mass is 35.5. The quantitative estimate of drug-likeness (QED) is 0.916. The molecule has 0 fully saturated rings. The van der Waals surface area contributed by atoms with Crippen LogP contribution in [0.4, 0.5) is 5.82 Å². The van der Waals surface area contributed by atoms with Gasteiger partial charge in [0.25, 0.3) is 0 Å². The molecule has 0 saturated carbocycles. The molecule has 0 saturated heterocycles. The van der Waals surface area contributed by atoms with E-state index in [1.807, 2.05) is 30.3 Å². The highest BCUT2D eigenvalue weighted by molar-refractivity contribution is 6.30. The Hall–Kier alpha value is -2.16. The van der Waals surface area contributed by atoms with Gasteiger partial charge in [-0.3, -0.25) is 0 Å². The third-order valence-corrected chi connectivity index (χ3v) is 3.04. The molecule has 5 nitrogen and oxygen atoms in total. The topological polar surface area (TPSA) is 70.8 Å². The van der Waals surface area contributed by atoms with Crippen LogP contribution in [0, 0.1) is 11.3 Å². The lowest BCUT2D eigenvalue weighted by atomic mass is 10.1. The van der Waals surface area contributed by atoms with Crippen molar-refractivity contribution in [2.75, 3.05) is 19.0 Å². The number of benzene rings is 1. The van der Waals surface area contributed by atoms with Gasteiger partial charge in [0.1, 0.15) is 6.07 Å². The summed E-state index contributed by atoms with van der Waals surface area (Å²) in [7, 11) is 1.63. The van der Waals surface area contributed by atoms with Gasteiger partial charge in [0.05, 0.1) is 6.10 Å². The molecule has 2 rings (SSSR count). The number of halogens is 1. The zero-order valence-corrected chi connectivity index (χ0v) is 11.6. The summed E-state index contributed by atoms with van der Waals surface area (Å²) in [6, 6.07) is 9.42. The van der Waals surface area contributed by atoms with Gasteiger partial charge in [0.15, 0.2) is 11.5 Å². The number of methoxy groups -OCH3 is 1. The van der Waals surface area contributed by atoms with E-state index in [2.05, 4.69) is 15.3 Å². The maximum absolute atomic E-state index is 8.95. The zero-order chi connectivity index (χ0) is 14.4. The molecule has 0 radical (unpaired) electrons. The van der Waals surface area contributed by atoms with E-state index in [0.717, 1.165) is 5.56 Å². The van der Waals surface area contributed by atoms with E-state index in [9.17, 15) is 0 Å². The van der Waals surface area contributed by atoms with Crippen molar-refractivity contribution >= 4 is 17.4 Å². The van der Waals surface area contributed by atoms with Gasteiger partial charge < -0.3 is 10.1 Å². The fraction of sp³-hybridized carbons (Fsp3) is 0.214. The van der Waals surface area contributed by atoms with Gasteiger partial charge in [-0.1, -0.05) is 23.7 Å². The molecule has 1 aromatic heterocycles. The van der Waals surface area contributed by atoms with E-state index in [0.29, 0.717) is 17.4 Å². The minimum atomic E-state index is -0.166. The van der Waals surface area contributed by atoms with Crippen LogP contribution in [-0.2, 0) is 4.74 Å². The average molecular weight is 289 g/mol. The molecule has 20 heavy (non-hydrogen) atoms. The molecule has 0 aliphatic rings. The largest absolute Gasteiger partial charge is 0.375 e. The summed E-state index contributed by atoms with van der Waals surface area (Å²) in [6.45, 7) is 0.478. The number of nitrogens with zero attached hydrogens (tertiary/aromatic N) is 3. The molecule has 0 aliphatic heterocycles. The lowest BCUT2D eigenvalue weighted by Gasteiger charge is -2.17. The van der Waals surface area contributed by atoms with E-state index in [-0.39, 0.29) is 11.8 Å². The molecule has 0 spiro atoms. The minimum Gasteiger partial charge on any atom is -0.375 e. The van der Waals surface area contributed by atoms with Gasteiger partial charge in [-0.15, -0.1) is 0 Å². The van der Waals surface area contributed by atoms with Crippen LogP contribution in [0.25, 0.3) is 0 Å². The fourth-order valence-corrected chi connectivity index (χ4v) is 1.88. The standard InChI is InChI=1S/C14H13ClN4O/c1-20-13(10-2-4-11(15)5-3-10)9-19-14-12(8-16)17-6-7-18-14/h2-7,13H,9H2,1H3,(H,18,19)/t13-/m0/s1. The van der Waals surface area contributed by atoms with Crippen molar-refractivity contribution in [2.45, 2.75) is 6.10 Å². The number of rotatable bonds is 5. The van der Waals surface area contributed by atoms with Gasteiger partial charge in [-0.05, 0) is 17.7 Å². The molecule has 0 unspecified atom stereocenters. The predicted octanol–water partition coefficient (Wildman–Crippen LogP) is 2.80. The molecule has 1 N–H and O–H groups in total. The third-order valence-electron chi connectivity index (χ3n) is 2.79. The summed E-state index contributed by atoms with van der Waals surface area (Å²) in [5.74, 6) is 0.450. The first-order chi connectivity index (χ1) is 9.74. The Kier molecular flexibility index (Phi) is 4.88. The van der Waals surface area contributed by atoms with Crippen molar-refractivity contribution in [3.63, 3.8) is 0 Å². The second-order valence-corrected chi connectivity index (χ2v) is 4.46. The summed E-state index contributed by atoms with van der Waals surface area (Å²) in [6.07, 6.45) is 2.85. The molecular weight excluding hydrogens is 276 g/mol. The Labute approximate surface area is 122 Å². The van der Waals surface area contributed by atoms with Gasteiger partial charge >= 0.3 is 0 Å². The summed E-state index contributed by atoms with van der Waals surface area (Å²) >= 11 is 5.86. The smallest absolute Gasteiger partial charge is 0.182 e. The molecule has 1 heterocycles. The predicted molar refractivity (Wildman–Crippen MR) is 76.4 cm³/mol. The van der Waals surface area contributed by atoms with Crippen LogP contribution in [0.3, 0.4) is 0 Å². The molecule has 0 aliphatic carbocycles. The van der Waals surface area contributed by atoms with Crippen molar-refractivity contribution < 1.29 is 4.74 Å². The van der Waals surface area contributed by atoms with Gasteiger partial charge in [-0.25, -0.2) is 9.97 Å². The number of hydrogen-bond donors (Lipinski definition) is 1. The van der Waals surface area contributed by atoms with Crippen molar-refractivity contribution in [3.05, 3.63) is 52.9 Å². The zero-order valence-electron chi connectivity index (χ0n) is 10.9. The lowest BCUT2D eigenvalue weighted by molar-refractivity contribution is 0.114. The fourth-order valence-electron chi connectivity index (χ4n) is 1.75. The second kappa shape index (κ2) is 6.85. The van der Waals surface area contributed by atoms with Gasteiger partial charge in [-0.2, -0.15) is 5.26 Å². The lowest BCUT2D eigenvalue weighted by Crippen LogP contribution is -2.16. The molecule has 2 aromatic rings. The third kappa shape index (κ3) is 3.44. The number of anilines is 1. The monoisotopic (exact) mass is 288 g/mol. The highest BCUT2D eigenvalue weighted by Crippen LogP contribution is 2.20. The second-order valence-electron chi connectivity index (χ2n) is 4.02. The normalized spacial score (nSPS) is 11.7. The van der Waals surface area contributed by atoms with Crippen LogP contribution in [0.15, 0.2) is 36.7 Å². The Morgan fingerprint density at radius 3 is 2.65 bits per heavy atom. The van der Waals surface area contributed by atoms with Gasteiger partial charge in [0.2, 0.25) is 0 Å². The summed E-state index contributed by atoms with van der Waals surface area (Å²) in [5.41, 5.74) is 1.25. The number of nitrogens with one attached hydrogen (secondary N) is 1. The van der Waals surface area contributed by atoms with E-state index in [1.54, 1.807) is 7.11 Å². The van der Waals surface area contributed by atoms with Crippen LogP contribution >= 0.6 is 11.6 Å². The van der Waals surface area contributed by atoms with E-state index in [4.69, 9.17) is 21.6 Å². The maximum atomic E-state index is 8.95. The molecular formula is C14H13ClN4O. The first-order valence-electron chi connectivity index (χ1n) is 5.98. The minimum absolute atomic E-state index is 0.166. The van der Waals surface area contributed by atoms with Crippen LogP contribution in [0.2, 0.25) is 5.02 Å². The van der Waals surface area contributed by atoms with Crippen LogP contribution in [0.1, 0.15) is 17.4 Å². The van der Waals surface area contributed by atoms with Crippen LogP contribution < -0.4 is 5.32 Å². The van der Waals surface area contributed by atoms with Crippen molar-refractivity contribution in [1.82, 2.24) is 9.97 Å². The molecule has 0 amide bonds. The summed E-state index contributed by atoms with van der Waals surface area (Å²) in [5, 5.41) is 12.7. The average Bonchev–Trinajstić information content (AvgIpc) is 2.50. The molecule has 1 aromatic carbocycles. The summed E-state index contributed by atoms with van der Waals surface area (Å²) < 4.78 is 5.43. The van der Waals surface area contributed by atoms with E-state index in [1.165, 1.54) is 12.4 Å². The molecule has 6 heteroatoms. The Morgan fingerprint density at radius 2 is 2.00 bits per heavy atom. The van der Waals surface area contributed by atoms with E-state index < -0.39 is 0 Å². The highest BCUT2D eigenvalue weighted by Gasteiger charge is 2.12. The molecule has 102 valence electrons. The Morgan fingerprint density at radius 1 is 1.30 bits per heavy atom. The SMILES string of the molecule is CO[C@@H](CNc1nccnc1C#N)c1ccc(Cl)cc1. The number of hydrogen-bond acceptors (Lipinski definition) is 5. The Bertz CT molecular complexity index is 609. The number of aromatic nitrogens is 2. The van der Waals surface area contributed by atoms with Crippen LogP contribution in [0.5, 0.6) is 0 Å². The maximum Gasteiger partial charge on any atom is 0.182 e. The summed E-state index contributed by atoms with van der Waals surface area (Å²) in [4.78, 5) is 8.03. The number of nitriles is 1. The van der Waals surface area contributed by atoms with Crippen molar-refractivity contribution in [3.8, 4) is 6.07 Å². The van der Waals surface area contributed by atoms with Crippen LogP contribution in [-0.4, -0.2) is 23.6 Å². The number of ether oxygens (including phenoxy) is 1. The molecule has 1 atom stereocenters. The van der Waals surface area contributed by atoms with E-state index >= 15 is 0 Å². The first-order valence-corrected chi connectivity index (χ1v) is 6.35. The van der Waals surface area contributed by atoms with Crippen molar-refractivity contribution in [1.29, 1.82) is 5.26 Å². The van der Waals surface area contributed by atoms with Gasteiger partial charge in [0, 0.05) is 31.1 Å².